The van der Waals surface area contributed by atoms with E-state index in [1.54, 1.807) is 0 Å². The van der Waals surface area contributed by atoms with Gasteiger partial charge < -0.3 is 29.9 Å². The molecule has 2 heterocycles. The van der Waals surface area contributed by atoms with Gasteiger partial charge in [-0.3, -0.25) is 14.5 Å². The molecule has 2 aliphatic heterocycles. The molecule has 9 atom stereocenters. The molecule has 26 heavy (non-hydrogen) atoms. The summed E-state index contributed by atoms with van der Waals surface area (Å²) in [6.45, 7) is -0.603. The number of likely N-dealkylation sites (tertiary alicyclic amines) is 1. The van der Waals surface area contributed by atoms with Gasteiger partial charge >= 0.3 is 0 Å². The van der Waals surface area contributed by atoms with E-state index in [0.29, 0.717) is 0 Å². The zero-order chi connectivity index (χ0) is 18.6. The van der Waals surface area contributed by atoms with Crippen LogP contribution >= 0.6 is 0 Å². The molecule has 0 radical (unpaired) electrons. The number of hydrogen-bond donors (Lipinski definition) is 4. The molecule has 4 aliphatic rings. The van der Waals surface area contributed by atoms with Crippen LogP contribution in [-0.2, 0) is 19.1 Å². The molecule has 2 aliphatic carbocycles. The first-order valence-corrected chi connectivity index (χ1v) is 8.89. The summed E-state index contributed by atoms with van der Waals surface area (Å²) < 4.78 is 10.6. The number of aliphatic hydroxyl groups is 4. The van der Waals surface area contributed by atoms with Crippen LogP contribution in [0.25, 0.3) is 0 Å². The van der Waals surface area contributed by atoms with E-state index in [0.717, 1.165) is 6.42 Å². The van der Waals surface area contributed by atoms with E-state index in [1.165, 1.54) is 4.90 Å². The van der Waals surface area contributed by atoms with Gasteiger partial charge in [0.2, 0.25) is 11.8 Å². The van der Waals surface area contributed by atoms with Crippen molar-refractivity contribution < 1.29 is 39.5 Å². The zero-order valence-corrected chi connectivity index (χ0v) is 14.0. The van der Waals surface area contributed by atoms with Gasteiger partial charge in [0.25, 0.3) is 0 Å². The van der Waals surface area contributed by atoms with Crippen molar-refractivity contribution in [2.24, 2.45) is 23.7 Å². The van der Waals surface area contributed by atoms with Gasteiger partial charge in [-0.1, -0.05) is 12.2 Å². The standard InChI is InChI=1S/C17H23NO8/c19-6-9-12(20)13(21)14(22)17(26-9)25-4-3-18-15(23)10-7-1-2-8(5-7)11(10)16(18)24/h1-2,7-14,17,19-22H,3-6H2/t7?,8?,9-,10?,11?,12-,13+,14+,17+/m1/s1. The van der Waals surface area contributed by atoms with Crippen molar-refractivity contribution in [3.63, 3.8) is 0 Å². The van der Waals surface area contributed by atoms with Crippen LogP contribution in [0, 0.1) is 23.7 Å². The van der Waals surface area contributed by atoms with E-state index in [2.05, 4.69) is 0 Å². The van der Waals surface area contributed by atoms with Crippen LogP contribution in [0.15, 0.2) is 12.2 Å². The fourth-order valence-corrected chi connectivity index (χ4v) is 4.65. The van der Waals surface area contributed by atoms with Crippen molar-refractivity contribution in [2.45, 2.75) is 37.1 Å². The number of imide groups is 1. The lowest BCUT2D eigenvalue weighted by molar-refractivity contribution is -0.301. The second-order valence-electron chi connectivity index (χ2n) is 7.40. The van der Waals surface area contributed by atoms with Crippen molar-refractivity contribution >= 4 is 11.8 Å². The van der Waals surface area contributed by atoms with Crippen molar-refractivity contribution in [3.05, 3.63) is 12.2 Å². The molecule has 2 saturated heterocycles. The molecule has 3 fully saturated rings. The SMILES string of the molecule is O=C1C2C3C=CC(C3)C2C(=O)N1CCO[C@H]1O[C@H](CO)[C@@H](O)[C@H](O)[C@@H]1O. The Bertz CT molecular complexity index is 592. The Balaban J connectivity index is 1.34. The molecule has 1 saturated carbocycles. The summed E-state index contributed by atoms with van der Waals surface area (Å²) in [6, 6.07) is 0. The summed E-state index contributed by atoms with van der Waals surface area (Å²) in [7, 11) is 0. The van der Waals surface area contributed by atoms with Crippen molar-refractivity contribution in [3.8, 4) is 0 Å². The maximum absolute atomic E-state index is 12.6. The van der Waals surface area contributed by atoms with Crippen LogP contribution in [0.5, 0.6) is 0 Å². The second-order valence-corrected chi connectivity index (χ2v) is 7.40. The molecule has 4 rings (SSSR count). The highest BCUT2D eigenvalue weighted by Crippen LogP contribution is 2.52. The van der Waals surface area contributed by atoms with Crippen LogP contribution in [0.2, 0.25) is 0 Å². The van der Waals surface area contributed by atoms with E-state index in [1.807, 2.05) is 12.2 Å². The molecule has 9 heteroatoms. The van der Waals surface area contributed by atoms with Gasteiger partial charge in [-0.2, -0.15) is 0 Å². The van der Waals surface area contributed by atoms with E-state index in [4.69, 9.17) is 14.6 Å². The van der Waals surface area contributed by atoms with Crippen LogP contribution < -0.4 is 0 Å². The Morgan fingerprint density at radius 3 is 2.23 bits per heavy atom. The quantitative estimate of drug-likeness (QED) is 0.311. The lowest BCUT2D eigenvalue weighted by atomic mass is 9.85. The largest absolute Gasteiger partial charge is 0.394 e. The molecule has 4 N–H and O–H groups in total. The first kappa shape index (κ1) is 18.0. The second kappa shape index (κ2) is 6.66. The molecule has 2 bridgehead atoms. The van der Waals surface area contributed by atoms with Gasteiger partial charge in [-0.25, -0.2) is 0 Å². The Hall–Kier alpha value is -1.36. The molecule has 4 unspecified atom stereocenters. The third-order valence-electron chi connectivity index (χ3n) is 6.01. The first-order chi connectivity index (χ1) is 12.4. The molecule has 0 aromatic carbocycles. The van der Waals surface area contributed by atoms with E-state index in [9.17, 15) is 24.9 Å². The number of nitrogens with zero attached hydrogens (tertiary/aromatic N) is 1. The number of carbonyl (C=O) groups excluding carboxylic acids is 2. The number of carbonyl (C=O) groups is 2. The number of aliphatic hydroxyl groups excluding tert-OH is 4. The minimum Gasteiger partial charge on any atom is -0.394 e. The predicted molar refractivity (Wildman–Crippen MR) is 84.2 cm³/mol. The minimum absolute atomic E-state index is 0.0269. The Morgan fingerprint density at radius 2 is 1.65 bits per heavy atom. The highest BCUT2D eigenvalue weighted by Gasteiger charge is 2.59. The van der Waals surface area contributed by atoms with Crippen molar-refractivity contribution in [1.29, 1.82) is 0 Å². The number of hydrogen-bond acceptors (Lipinski definition) is 8. The van der Waals surface area contributed by atoms with Gasteiger partial charge in [0, 0.05) is 0 Å². The number of ether oxygens (including phenoxy) is 2. The fourth-order valence-electron chi connectivity index (χ4n) is 4.65. The summed E-state index contributed by atoms with van der Waals surface area (Å²) in [5.74, 6) is -0.645. The van der Waals surface area contributed by atoms with E-state index >= 15 is 0 Å². The molecular formula is C17H23NO8. The van der Waals surface area contributed by atoms with Crippen molar-refractivity contribution in [2.75, 3.05) is 19.8 Å². The van der Waals surface area contributed by atoms with Crippen LogP contribution in [-0.4, -0.2) is 87.6 Å². The number of amides is 2. The van der Waals surface area contributed by atoms with Gasteiger partial charge in [-0.05, 0) is 18.3 Å². The Kier molecular flexibility index (Phi) is 4.62. The third kappa shape index (κ3) is 2.62. The molecule has 144 valence electrons. The van der Waals surface area contributed by atoms with Crippen molar-refractivity contribution in [1.82, 2.24) is 4.90 Å². The minimum atomic E-state index is -1.53. The smallest absolute Gasteiger partial charge is 0.233 e. The molecule has 0 aromatic heterocycles. The van der Waals surface area contributed by atoms with Gasteiger partial charge in [0.15, 0.2) is 6.29 Å². The fraction of sp³-hybridized carbons (Fsp3) is 0.765. The number of rotatable bonds is 5. The summed E-state index contributed by atoms with van der Waals surface area (Å²) >= 11 is 0. The van der Waals surface area contributed by atoms with Crippen LogP contribution in [0.1, 0.15) is 6.42 Å². The molecule has 0 aromatic rings. The average molecular weight is 369 g/mol. The first-order valence-electron chi connectivity index (χ1n) is 8.89. The molecule has 9 nitrogen and oxygen atoms in total. The van der Waals surface area contributed by atoms with Gasteiger partial charge in [-0.15, -0.1) is 0 Å². The highest BCUT2D eigenvalue weighted by atomic mass is 16.7. The summed E-state index contributed by atoms with van der Waals surface area (Å²) in [6.07, 6.45) is -1.92. The molecule has 0 spiro atoms. The normalized spacial score (nSPS) is 47.1. The molecular weight excluding hydrogens is 346 g/mol. The Morgan fingerprint density at radius 1 is 1.04 bits per heavy atom. The lowest BCUT2D eigenvalue weighted by Crippen LogP contribution is -2.59. The number of allylic oxidation sites excluding steroid dienone is 2. The maximum Gasteiger partial charge on any atom is 0.233 e. The summed E-state index contributed by atoms with van der Waals surface area (Å²) in [4.78, 5) is 26.3. The Labute approximate surface area is 149 Å². The monoisotopic (exact) mass is 369 g/mol. The van der Waals surface area contributed by atoms with Crippen LogP contribution in [0.4, 0.5) is 0 Å². The highest BCUT2D eigenvalue weighted by molar-refractivity contribution is 6.06. The van der Waals surface area contributed by atoms with E-state index in [-0.39, 0.29) is 48.6 Å². The zero-order valence-electron chi connectivity index (χ0n) is 14.0. The van der Waals surface area contributed by atoms with E-state index < -0.39 is 37.3 Å². The summed E-state index contributed by atoms with van der Waals surface area (Å²) in [5.41, 5.74) is 0. The molecule has 2 amide bonds. The predicted octanol–water partition coefficient (Wildman–Crippen LogP) is -2.39. The van der Waals surface area contributed by atoms with Gasteiger partial charge in [0.1, 0.15) is 24.4 Å². The number of fused-ring (bicyclic) bond motifs is 5. The topological polar surface area (TPSA) is 137 Å². The third-order valence-corrected chi connectivity index (χ3v) is 6.01. The summed E-state index contributed by atoms with van der Waals surface area (Å²) in [5, 5.41) is 38.6. The van der Waals surface area contributed by atoms with Crippen LogP contribution in [0.3, 0.4) is 0 Å². The average Bonchev–Trinajstić information content (AvgIpc) is 3.31. The van der Waals surface area contributed by atoms with Gasteiger partial charge in [0.05, 0.1) is 31.6 Å². The lowest BCUT2D eigenvalue weighted by Gasteiger charge is -2.39. The maximum atomic E-state index is 12.6.